The molecule has 1 saturated carbocycles. The number of benzene rings is 1. The Kier molecular flexibility index (Phi) is 6.98. The van der Waals surface area contributed by atoms with Crippen LogP contribution in [0.1, 0.15) is 80.4 Å². The maximum Gasteiger partial charge on any atom is 0.270 e. The summed E-state index contributed by atoms with van der Waals surface area (Å²) in [5.74, 6) is 0.728. The molecule has 5 rings (SSSR count). The Morgan fingerprint density at radius 1 is 0.972 bits per heavy atom. The third-order valence-corrected chi connectivity index (χ3v) is 10.4. The highest BCUT2D eigenvalue weighted by molar-refractivity contribution is 7.09. The van der Waals surface area contributed by atoms with E-state index < -0.39 is 0 Å². The van der Waals surface area contributed by atoms with Crippen LogP contribution in [0.3, 0.4) is 0 Å². The Labute approximate surface area is 219 Å². The summed E-state index contributed by atoms with van der Waals surface area (Å²) in [6.07, 6.45) is 3.79. The van der Waals surface area contributed by atoms with Gasteiger partial charge in [-0.25, -0.2) is 4.98 Å². The van der Waals surface area contributed by atoms with Crippen molar-refractivity contribution in [1.29, 1.82) is 0 Å². The number of nitrogens with zero attached hydrogens (tertiary/aromatic N) is 3. The molecule has 0 unspecified atom stereocenters. The van der Waals surface area contributed by atoms with Gasteiger partial charge in [-0.05, 0) is 42.1 Å². The van der Waals surface area contributed by atoms with Crippen LogP contribution in [0.2, 0.25) is 0 Å². The largest absolute Gasteiger partial charge is 0.348 e. The van der Waals surface area contributed by atoms with Gasteiger partial charge in [0.2, 0.25) is 5.91 Å². The lowest BCUT2D eigenvalue weighted by Gasteiger charge is -2.32. The first kappa shape index (κ1) is 25.4. The summed E-state index contributed by atoms with van der Waals surface area (Å²) >= 11 is 1.59. The Hall–Kier alpha value is -2.25. The van der Waals surface area contributed by atoms with Crippen molar-refractivity contribution >= 4 is 23.2 Å². The molecule has 3 aliphatic rings. The van der Waals surface area contributed by atoms with Crippen molar-refractivity contribution in [2.45, 2.75) is 71.9 Å². The first-order chi connectivity index (χ1) is 17.2. The maximum atomic E-state index is 13.1. The molecule has 1 N–H and O–H groups in total. The molecule has 2 amide bonds. The van der Waals surface area contributed by atoms with Crippen LogP contribution in [0.5, 0.6) is 0 Å². The molecule has 1 aliphatic carbocycles. The third kappa shape index (κ3) is 4.97. The second-order valence-electron chi connectivity index (χ2n) is 12.1. The van der Waals surface area contributed by atoms with Gasteiger partial charge in [-0.1, -0.05) is 58.0 Å². The summed E-state index contributed by atoms with van der Waals surface area (Å²) in [5.41, 5.74) is 2.04. The molecule has 1 aromatic heterocycles. The Bertz CT molecular complexity index is 1070. The number of thiazole rings is 1. The lowest BCUT2D eigenvalue weighted by molar-refractivity contribution is -0.134. The number of piperidine rings is 2. The molecule has 0 spiro atoms. The quantitative estimate of drug-likeness (QED) is 0.601. The lowest BCUT2D eigenvalue weighted by atomic mass is 9.96. The molecular formula is C29H40N4O2S. The highest BCUT2D eigenvalue weighted by atomic mass is 32.1. The van der Waals surface area contributed by atoms with Gasteiger partial charge in [0.05, 0.1) is 5.01 Å². The van der Waals surface area contributed by atoms with Crippen molar-refractivity contribution in [1.82, 2.24) is 20.1 Å². The average molecular weight is 509 g/mol. The normalized spacial score (nSPS) is 22.9. The summed E-state index contributed by atoms with van der Waals surface area (Å²) in [6.45, 7) is 13.4. The Morgan fingerprint density at radius 2 is 1.61 bits per heavy atom. The molecule has 36 heavy (non-hydrogen) atoms. The molecule has 0 bridgehead atoms. The summed E-state index contributed by atoms with van der Waals surface area (Å²) in [6, 6.07) is 10.8. The summed E-state index contributed by atoms with van der Waals surface area (Å²) in [5, 5.41) is 6.16. The minimum Gasteiger partial charge on any atom is -0.348 e. The van der Waals surface area contributed by atoms with E-state index in [1.165, 1.54) is 5.56 Å². The van der Waals surface area contributed by atoms with E-state index in [-0.39, 0.29) is 28.7 Å². The number of hydrogen-bond donors (Lipinski definition) is 1. The topological polar surface area (TPSA) is 65.5 Å². The molecule has 2 aromatic rings. The van der Waals surface area contributed by atoms with Crippen LogP contribution in [-0.2, 0) is 11.3 Å². The van der Waals surface area contributed by atoms with E-state index in [4.69, 9.17) is 4.98 Å². The standard InChI is InChI=1S/C29H40N4O2S/c1-28(2)24(29(28,3)4)27(35)33-16-10-21(11-17-33)26-31-23(19-36-26)25(34)30-22-12-14-32(15-13-22)18-20-8-6-5-7-9-20/h5-9,19,21-22,24H,10-18H2,1-4H3,(H,30,34). The zero-order chi connectivity index (χ0) is 25.5. The van der Waals surface area contributed by atoms with Gasteiger partial charge < -0.3 is 10.2 Å². The fraction of sp³-hybridized carbons (Fsp3) is 0.621. The molecule has 2 saturated heterocycles. The van der Waals surface area contributed by atoms with Gasteiger partial charge in [0.25, 0.3) is 5.91 Å². The number of nitrogens with one attached hydrogen (secondary N) is 1. The summed E-state index contributed by atoms with van der Waals surface area (Å²) in [7, 11) is 0. The van der Waals surface area contributed by atoms with Crippen molar-refractivity contribution in [3.8, 4) is 0 Å². The highest BCUT2D eigenvalue weighted by Crippen LogP contribution is 2.68. The van der Waals surface area contributed by atoms with Gasteiger partial charge >= 0.3 is 0 Å². The van der Waals surface area contributed by atoms with Gasteiger partial charge in [-0.2, -0.15) is 0 Å². The van der Waals surface area contributed by atoms with E-state index in [1.54, 1.807) is 11.3 Å². The monoisotopic (exact) mass is 508 g/mol. The number of carbonyl (C=O) groups is 2. The molecule has 2 aliphatic heterocycles. The van der Waals surface area contributed by atoms with Crippen LogP contribution >= 0.6 is 11.3 Å². The molecule has 3 fully saturated rings. The molecule has 6 nitrogen and oxygen atoms in total. The van der Waals surface area contributed by atoms with E-state index >= 15 is 0 Å². The first-order valence-electron chi connectivity index (χ1n) is 13.5. The van der Waals surface area contributed by atoms with Crippen molar-refractivity contribution in [3.63, 3.8) is 0 Å². The van der Waals surface area contributed by atoms with Gasteiger partial charge in [0.15, 0.2) is 0 Å². The Morgan fingerprint density at radius 3 is 2.22 bits per heavy atom. The van der Waals surface area contributed by atoms with E-state index in [0.717, 1.165) is 63.4 Å². The van der Waals surface area contributed by atoms with Crippen LogP contribution in [0.15, 0.2) is 35.7 Å². The van der Waals surface area contributed by atoms with Crippen molar-refractivity contribution in [3.05, 3.63) is 52.0 Å². The molecule has 7 heteroatoms. The summed E-state index contributed by atoms with van der Waals surface area (Å²) in [4.78, 5) is 35.2. The predicted octanol–water partition coefficient (Wildman–Crippen LogP) is 4.93. The molecule has 194 valence electrons. The van der Waals surface area contributed by atoms with Crippen LogP contribution < -0.4 is 5.32 Å². The van der Waals surface area contributed by atoms with Crippen molar-refractivity contribution in [2.75, 3.05) is 26.2 Å². The number of hydrogen-bond acceptors (Lipinski definition) is 5. The second-order valence-corrected chi connectivity index (χ2v) is 12.9. The van der Waals surface area contributed by atoms with Crippen LogP contribution in [0.25, 0.3) is 0 Å². The zero-order valence-electron chi connectivity index (χ0n) is 22.1. The molecule has 0 atom stereocenters. The van der Waals surface area contributed by atoms with Gasteiger partial charge in [-0.3, -0.25) is 14.5 Å². The lowest BCUT2D eigenvalue weighted by Crippen LogP contribution is -2.44. The highest BCUT2D eigenvalue weighted by Gasteiger charge is 2.68. The van der Waals surface area contributed by atoms with E-state index in [0.29, 0.717) is 17.5 Å². The fourth-order valence-corrected chi connectivity index (χ4v) is 7.23. The molecular weight excluding hydrogens is 468 g/mol. The van der Waals surface area contributed by atoms with Crippen LogP contribution in [-0.4, -0.2) is 58.8 Å². The average Bonchev–Trinajstić information content (AvgIpc) is 3.19. The van der Waals surface area contributed by atoms with Gasteiger partial charge in [0, 0.05) is 56.0 Å². The minimum absolute atomic E-state index is 0.0511. The predicted molar refractivity (Wildman–Crippen MR) is 144 cm³/mol. The number of likely N-dealkylation sites (tertiary alicyclic amines) is 2. The molecule has 3 heterocycles. The number of amides is 2. The number of aromatic nitrogens is 1. The van der Waals surface area contributed by atoms with Crippen LogP contribution in [0.4, 0.5) is 0 Å². The molecule has 0 radical (unpaired) electrons. The third-order valence-electron chi connectivity index (χ3n) is 9.35. The smallest absolute Gasteiger partial charge is 0.270 e. The fourth-order valence-electron chi connectivity index (χ4n) is 6.26. The summed E-state index contributed by atoms with van der Waals surface area (Å²) < 4.78 is 0. The van der Waals surface area contributed by atoms with Gasteiger partial charge in [-0.15, -0.1) is 11.3 Å². The number of rotatable bonds is 6. The first-order valence-corrected chi connectivity index (χ1v) is 14.4. The molecule has 1 aromatic carbocycles. The zero-order valence-corrected chi connectivity index (χ0v) is 22.9. The SMILES string of the molecule is CC1(C)C(C(=O)N2CCC(c3nc(C(=O)NC4CCN(Cc5ccccc5)CC4)cs3)CC2)C1(C)C. The van der Waals surface area contributed by atoms with E-state index in [2.05, 4.69) is 73.1 Å². The minimum atomic E-state index is -0.0511. The Balaban J connectivity index is 1.08. The van der Waals surface area contributed by atoms with E-state index in [9.17, 15) is 9.59 Å². The van der Waals surface area contributed by atoms with Gasteiger partial charge in [0.1, 0.15) is 5.69 Å². The second kappa shape index (κ2) is 9.90. The van der Waals surface area contributed by atoms with Crippen molar-refractivity contribution < 1.29 is 9.59 Å². The maximum absolute atomic E-state index is 13.1. The van der Waals surface area contributed by atoms with Crippen molar-refractivity contribution in [2.24, 2.45) is 16.7 Å². The van der Waals surface area contributed by atoms with Crippen LogP contribution in [0, 0.1) is 16.7 Å². The van der Waals surface area contributed by atoms with E-state index in [1.807, 2.05) is 5.38 Å². The number of carbonyl (C=O) groups excluding carboxylic acids is 2.